The van der Waals surface area contributed by atoms with Gasteiger partial charge in [-0.1, -0.05) is 52.8 Å². The Labute approximate surface area is 335 Å². The summed E-state index contributed by atoms with van der Waals surface area (Å²) in [4.78, 5) is 69.6. The summed E-state index contributed by atoms with van der Waals surface area (Å²) in [6, 6.07) is 8.52. The first-order chi connectivity index (χ1) is 26.4. The maximum absolute atomic E-state index is 14.9. The van der Waals surface area contributed by atoms with Gasteiger partial charge in [0.05, 0.1) is 40.5 Å². The number of carbonyl (C=O) groups excluding carboxylic acids is 5. The van der Waals surface area contributed by atoms with Gasteiger partial charge in [0.1, 0.15) is 30.0 Å². The number of aliphatic hydroxyl groups is 4. The minimum Gasteiger partial charge on any atom is -0.456 e. The van der Waals surface area contributed by atoms with Crippen molar-refractivity contribution in [3.63, 3.8) is 0 Å². The molecule has 57 heavy (non-hydrogen) atoms. The largest absolute Gasteiger partial charge is 0.456 e. The molecule has 1 aliphatic heterocycles. The molecule has 11 atom stereocenters. The molecule has 2 aromatic rings. The number of fused-ring (bicyclic) bond motifs is 5. The van der Waals surface area contributed by atoms with Gasteiger partial charge >= 0.3 is 17.9 Å². The molecule has 1 aromatic heterocycles. The Bertz CT molecular complexity index is 1980. The second kappa shape index (κ2) is 14.7. The third-order valence-corrected chi connectivity index (χ3v) is 14.0. The van der Waals surface area contributed by atoms with E-state index in [2.05, 4.69) is 5.32 Å². The topological polar surface area (TPSA) is 215 Å². The molecule has 310 valence electrons. The number of ketones is 1. The fourth-order valence-corrected chi connectivity index (χ4v) is 10.5. The lowest BCUT2D eigenvalue weighted by Crippen LogP contribution is -2.81. The summed E-state index contributed by atoms with van der Waals surface area (Å²) in [5, 5.41) is 53.5. The van der Waals surface area contributed by atoms with Gasteiger partial charge in [0.15, 0.2) is 17.5 Å². The lowest BCUT2D eigenvalue weighted by atomic mass is 9.44. The van der Waals surface area contributed by atoms with Crippen LogP contribution in [-0.4, -0.2) is 110 Å². The summed E-state index contributed by atoms with van der Waals surface area (Å²) in [5.41, 5.74) is -7.55. The van der Waals surface area contributed by atoms with Gasteiger partial charge in [-0.05, 0) is 66.5 Å². The number of Topliss-reactive ketones (excluding diaryl/α,β-unsaturated/α-hetero) is 1. The Morgan fingerprint density at radius 1 is 1.02 bits per heavy atom. The lowest BCUT2D eigenvalue weighted by molar-refractivity contribution is -0.346. The van der Waals surface area contributed by atoms with Gasteiger partial charge in [-0.2, -0.15) is 0 Å². The summed E-state index contributed by atoms with van der Waals surface area (Å²) in [6.45, 7) is 13.9. The average molecular weight is 812 g/mol. The van der Waals surface area contributed by atoms with Crippen molar-refractivity contribution in [1.29, 1.82) is 0 Å². The SMILES string of the molecule is CC(=O)O[C@@]12CO[C@@H]1C[C@H](O)[C@@]1(C)C(=O)[C@H](O)C3=C(C)[C@@H](OC(=O)[C@H](O)[C@@H](NC(=O)c4sccc4C)C(C)(C)C)C[C@@](O)([C@@H](OC(=O)c4ccccc4)[C@H]21)C3(C)C. The summed E-state index contributed by atoms with van der Waals surface area (Å²) < 4.78 is 24.2. The van der Waals surface area contributed by atoms with E-state index in [-0.39, 0.29) is 29.7 Å². The van der Waals surface area contributed by atoms with E-state index in [0.29, 0.717) is 10.4 Å². The first-order valence-corrected chi connectivity index (χ1v) is 20.0. The first-order valence-electron chi connectivity index (χ1n) is 19.1. The number of thiophene rings is 1. The predicted octanol–water partition coefficient (Wildman–Crippen LogP) is 3.21. The number of benzene rings is 1. The number of hydrogen-bond donors (Lipinski definition) is 5. The Balaban J connectivity index is 1.48. The molecule has 2 heterocycles. The van der Waals surface area contributed by atoms with Gasteiger partial charge < -0.3 is 44.7 Å². The van der Waals surface area contributed by atoms with E-state index in [1.165, 1.54) is 37.3 Å². The van der Waals surface area contributed by atoms with Gasteiger partial charge in [-0.3, -0.25) is 14.4 Å². The Morgan fingerprint density at radius 3 is 2.21 bits per heavy atom. The van der Waals surface area contributed by atoms with Crippen LogP contribution in [-0.2, 0) is 33.3 Å². The molecule has 6 rings (SSSR count). The number of aliphatic hydroxyl groups excluding tert-OH is 3. The summed E-state index contributed by atoms with van der Waals surface area (Å²) in [5.74, 6) is -5.72. The normalized spacial score (nSPS) is 34.2. The van der Waals surface area contributed by atoms with Crippen molar-refractivity contribution in [2.75, 3.05) is 6.61 Å². The third kappa shape index (κ3) is 6.73. The second-order valence-electron chi connectivity index (χ2n) is 17.8. The molecule has 0 spiro atoms. The highest BCUT2D eigenvalue weighted by molar-refractivity contribution is 7.12. The molecule has 15 heteroatoms. The van der Waals surface area contributed by atoms with Crippen LogP contribution in [0, 0.1) is 29.1 Å². The molecule has 14 nitrogen and oxygen atoms in total. The fourth-order valence-electron chi connectivity index (χ4n) is 9.70. The lowest BCUT2D eigenvalue weighted by Gasteiger charge is -2.67. The molecule has 5 N–H and O–H groups in total. The van der Waals surface area contributed by atoms with Crippen LogP contribution in [0.15, 0.2) is 52.9 Å². The van der Waals surface area contributed by atoms with Crippen molar-refractivity contribution in [3.05, 3.63) is 68.9 Å². The van der Waals surface area contributed by atoms with E-state index >= 15 is 0 Å². The smallest absolute Gasteiger partial charge is 0.338 e. The first kappa shape index (κ1) is 42.6. The molecule has 2 saturated carbocycles. The fraction of sp³-hybridized carbons (Fsp3) is 0.595. The summed E-state index contributed by atoms with van der Waals surface area (Å²) in [6.07, 6.45) is -10.3. The molecule has 3 aliphatic carbocycles. The zero-order valence-corrected chi connectivity index (χ0v) is 34.5. The summed E-state index contributed by atoms with van der Waals surface area (Å²) in [7, 11) is 0. The van der Waals surface area contributed by atoms with Gasteiger partial charge in [-0.15, -0.1) is 11.3 Å². The number of esters is 3. The zero-order valence-electron chi connectivity index (χ0n) is 33.7. The Hall–Kier alpha value is -3.99. The van der Waals surface area contributed by atoms with E-state index in [0.717, 1.165) is 6.92 Å². The van der Waals surface area contributed by atoms with Gasteiger partial charge in [0, 0.05) is 25.2 Å². The molecule has 3 fully saturated rings. The third-order valence-electron chi connectivity index (χ3n) is 13.0. The van der Waals surface area contributed by atoms with E-state index in [4.69, 9.17) is 18.9 Å². The van der Waals surface area contributed by atoms with Gasteiger partial charge in [0.2, 0.25) is 0 Å². The molecule has 0 radical (unpaired) electrons. The minimum atomic E-state index is -2.32. The number of hydrogen-bond acceptors (Lipinski definition) is 14. The molecule has 2 bridgehead atoms. The van der Waals surface area contributed by atoms with E-state index in [9.17, 15) is 44.4 Å². The van der Waals surface area contributed by atoms with Crippen LogP contribution in [0.4, 0.5) is 0 Å². The maximum Gasteiger partial charge on any atom is 0.338 e. The van der Waals surface area contributed by atoms with Crippen LogP contribution in [0.1, 0.15) is 93.8 Å². The number of rotatable bonds is 8. The van der Waals surface area contributed by atoms with Crippen LogP contribution < -0.4 is 5.32 Å². The van der Waals surface area contributed by atoms with Crippen molar-refractivity contribution < 1.29 is 63.3 Å². The standard InChI is InChI=1S/C42H53NO13S/c1-20-15-16-57-30(20)35(49)43-32(38(4,5)6)29(47)37(51)54-24-18-42(52)34(55-36(50)23-13-11-10-12-14-23)31-40(9,33(48)28(46)27(21(24)2)39(42,7)8)25(45)17-26-41(31,19-53-26)56-22(3)44/h10-16,24-26,28-29,31-32,34,45-47,52H,17-19H2,1-9H3,(H,43,49)/t24-,25-,26+,28+,29+,31-,32+,34-,40+,41-,42+/m0/s1. The number of aryl methyl sites for hydroxylation is 1. The highest BCUT2D eigenvalue weighted by Gasteiger charge is 2.78. The zero-order chi connectivity index (χ0) is 42.2. The van der Waals surface area contributed by atoms with Crippen molar-refractivity contribution >= 4 is 40.9 Å². The molecule has 1 aromatic carbocycles. The van der Waals surface area contributed by atoms with Gasteiger partial charge in [0.25, 0.3) is 5.91 Å². The number of amides is 1. The molecule has 1 amide bonds. The van der Waals surface area contributed by atoms with Crippen molar-refractivity contribution in [1.82, 2.24) is 5.32 Å². The van der Waals surface area contributed by atoms with Crippen LogP contribution in [0.25, 0.3) is 0 Å². The average Bonchev–Trinajstić information content (AvgIpc) is 3.57. The molecule has 1 saturated heterocycles. The van der Waals surface area contributed by atoms with E-state index in [1.807, 2.05) is 0 Å². The van der Waals surface area contributed by atoms with Crippen molar-refractivity contribution in [2.45, 2.75) is 129 Å². The highest BCUT2D eigenvalue weighted by Crippen LogP contribution is 2.64. The van der Waals surface area contributed by atoms with E-state index in [1.54, 1.807) is 71.2 Å². The van der Waals surface area contributed by atoms with Gasteiger partial charge in [-0.25, -0.2) is 9.59 Å². The Kier molecular flexibility index (Phi) is 11.0. The predicted molar refractivity (Wildman–Crippen MR) is 205 cm³/mol. The van der Waals surface area contributed by atoms with Crippen molar-refractivity contribution in [2.24, 2.45) is 22.2 Å². The van der Waals surface area contributed by atoms with Crippen molar-refractivity contribution in [3.8, 4) is 0 Å². The van der Waals surface area contributed by atoms with Crippen LogP contribution in [0.2, 0.25) is 0 Å². The number of ether oxygens (including phenoxy) is 4. The van der Waals surface area contributed by atoms with Crippen LogP contribution in [0.5, 0.6) is 0 Å². The molecule has 0 unspecified atom stereocenters. The maximum atomic E-state index is 14.9. The number of carbonyl (C=O) groups is 5. The molecule has 4 aliphatic rings. The Morgan fingerprint density at radius 2 is 1.67 bits per heavy atom. The second-order valence-corrected chi connectivity index (χ2v) is 18.7. The summed E-state index contributed by atoms with van der Waals surface area (Å²) >= 11 is 1.21. The minimum absolute atomic E-state index is 0.0384. The van der Waals surface area contributed by atoms with Crippen LogP contribution >= 0.6 is 11.3 Å². The van der Waals surface area contributed by atoms with Crippen LogP contribution in [0.3, 0.4) is 0 Å². The quantitative estimate of drug-likeness (QED) is 0.147. The monoisotopic (exact) mass is 811 g/mol. The number of nitrogens with one attached hydrogen (secondary N) is 1. The molecular formula is C42H53NO13S. The highest BCUT2D eigenvalue weighted by atomic mass is 32.1. The van der Waals surface area contributed by atoms with E-state index < -0.39 is 112 Å². The molecular weight excluding hydrogens is 759 g/mol.